The highest BCUT2D eigenvalue weighted by molar-refractivity contribution is 7.99. The van der Waals surface area contributed by atoms with Gasteiger partial charge >= 0.3 is 5.97 Å². The van der Waals surface area contributed by atoms with Gasteiger partial charge in [-0.25, -0.2) is 0 Å². The fraction of sp³-hybridized carbons (Fsp3) is 0.750. The summed E-state index contributed by atoms with van der Waals surface area (Å²) in [6.07, 6.45) is 6.66. The summed E-state index contributed by atoms with van der Waals surface area (Å²) in [6.45, 7) is 0. The molecule has 1 aliphatic carbocycles. The van der Waals surface area contributed by atoms with Crippen LogP contribution in [0.25, 0.3) is 0 Å². The van der Waals surface area contributed by atoms with Crippen molar-refractivity contribution in [2.24, 2.45) is 0 Å². The van der Waals surface area contributed by atoms with E-state index in [1.165, 1.54) is 39.2 Å². The van der Waals surface area contributed by atoms with Crippen LogP contribution in [-0.4, -0.2) is 28.5 Å². The number of methoxy groups -OCH3 is 1. The summed E-state index contributed by atoms with van der Waals surface area (Å²) < 4.78 is 9.55. The highest BCUT2D eigenvalue weighted by atomic mass is 32.2. The molecule has 18 heavy (non-hydrogen) atoms. The van der Waals surface area contributed by atoms with E-state index < -0.39 is 0 Å². The number of carbonyl (C=O) groups excluding carboxylic acids is 1. The van der Waals surface area contributed by atoms with Crippen LogP contribution < -0.4 is 0 Å². The molecule has 1 saturated carbocycles. The molecule has 100 valence electrons. The summed E-state index contributed by atoms with van der Waals surface area (Å²) in [5, 5.41) is 4.60. The molecule has 1 aromatic rings. The van der Waals surface area contributed by atoms with E-state index in [1.54, 1.807) is 0 Å². The van der Waals surface area contributed by atoms with Crippen LogP contribution in [0.4, 0.5) is 0 Å². The number of aromatic nitrogens is 2. The minimum atomic E-state index is -0.356. The smallest absolute Gasteiger partial charge is 0.315 e. The van der Waals surface area contributed by atoms with Crippen LogP contribution in [0.2, 0.25) is 0 Å². The second-order valence-electron chi connectivity index (χ2n) is 4.43. The Kier molecular flexibility index (Phi) is 5.04. The fourth-order valence-corrected chi connectivity index (χ4v) is 3.21. The van der Waals surface area contributed by atoms with Crippen LogP contribution >= 0.6 is 11.8 Å². The Bertz CT molecular complexity index is 388. The van der Waals surface area contributed by atoms with Gasteiger partial charge in [0.2, 0.25) is 5.89 Å². The van der Waals surface area contributed by atoms with Gasteiger partial charge in [0.1, 0.15) is 6.42 Å². The molecule has 0 aromatic carbocycles. The molecule has 0 radical (unpaired) electrons. The molecule has 0 saturated heterocycles. The van der Waals surface area contributed by atoms with Gasteiger partial charge < -0.3 is 9.26 Å². The lowest BCUT2D eigenvalue weighted by atomic mass is 10.0. The maximum atomic E-state index is 11.0. The first-order chi connectivity index (χ1) is 8.78. The van der Waals surface area contributed by atoms with Gasteiger partial charge in [-0.1, -0.05) is 24.4 Å². The second-order valence-corrected chi connectivity index (χ2v) is 5.72. The van der Waals surface area contributed by atoms with Crippen molar-refractivity contribution in [2.75, 3.05) is 7.11 Å². The predicted octanol–water partition coefficient (Wildman–Crippen LogP) is 2.35. The lowest BCUT2D eigenvalue weighted by Crippen LogP contribution is -2.08. The number of nitrogens with zero attached hydrogens (tertiary/aromatic N) is 2. The van der Waals surface area contributed by atoms with Crippen molar-refractivity contribution in [3.05, 3.63) is 11.7 Å². The van der Waals surface area contributed by atoms with Gasteiger partial charge in [0.25, 0.3) is 0 Å². The van der Waals surface area contributed by atoms with E-state index >= 15 is 0 Å². The van der Waals surface area contributed by atoms with Crippen molar-refractivity contribution in [1.29, 1.82) is 0 Å². The van der Waals surface area contributed by atoms with Crippen molar-refractivity contribution in [2.45, 2.75) is 49.5 Å². The minimum Gasteiger partial charge on any atom is -0.469 e. The quantitative estimate of drug-likeness (QED) is 0.765. The molecule has 5 nitrogen and oxygen atoms in total. The Morgan fingerprint density at radius 1 is 1.44 bits per heavy atom. The van der Waals surface area contributed by atoms with Crippen LogP contribution in [0.5, 0.6) is 0 Å². The van der Waals surface area contributed by atoms with Gasteiger partial charge in [-0.2, -0.15) is 16.7 Å². The maximum absolute atomic E-state index is 11.0. The topological polar surface area (TPSA) is 65.2 Å². The molecule has 0 bridgehead atoms. The molecule has 1 aliphatic rings. The van der Waals surface area contributed by atoms with Crippen LogP contribution in [-0.2, 0) is 21.7 Å². The number of esters is 1. The summed E-state index contributed by atoms with van der Waals surface area (Å²) in [4.78, 5) is 15.2. The van der Waals surface area contributed by atoms with Gasteiger partial charge in [-0.05, 0) is 12.8 Å². The number of hydrogen-bond acceptors (Lipinski definition) is 6. The molecule has 2 rings (SSSR count). The number of rotatable bonds is 5. The Hall–Kier alpha value is -1.04. The average Bonchev–Trinajstić information content (AvgIpc) is 2.85. The Morgan fingerprint density at radius 2 is 2.22 bits per heavy atom. The van der Waals surface area contributed by atoms with Crippen molar-refractivity contribution in [3.63, 3.8) is 0 Å². The van der Waals surface area contributed by atoms with Gasteiger partial charge in [-0.3, -0.25) is 4.79 Å². The SMILES string of the molecule is COC(=O)Cc1nc(CSC2CCCCC2)no1. The number of ether oxygens (including phenoxy) is 1. The van der Waals surface area contributed by atoms with E-state index in [0.29, 0.717) is 11.7 Å². The van der Waals surface area contributed by atoms with Crippen LogP contribution in [0.1, 0.15) is 43.8 Å². The molecule has 0 unspecified atom stereocenters. The molecule has 0 spiro atoms. The lowest BCUT2D eigenvalue weighted by Gasteiger charge is -2.19. The Balaban J connectivity index is 1.77. The molecule has 1 fully saturated rings. The van der Waals surface area contributed by atoms with Crippen molar-refractivity contribution < 1.29 is 14.1 Å². The van der Waals surface area contributed by atoms with E-state index in [1.807, 2.05) is 11.8 Å². The third kappa shape index (κ3) is 4.01. The largest absolute Gasteiger partial charge is 0.469 e. The Morgan fingerprint density at radius 3 is 2.94 bits per heavy atom. The van der Waals surface area contributed by atoms with Gasteiger partial charge in [0, 0.05) is 5.25 Å². The first kappa shape index (κ1) is 13.4. The second kappa shape index (κ2) is 6.78. The maximum Gasteiger partial charge on any atom is 0.315 e. The van der Waals surface area contributed by atoms with Gasteiger partial charge in [0.15, 0.2) is 5.82 Å². The number of thioether (sulfide) groups is 1. The number of carbonyl (C=O) groups is 1. The van der Waals surface area contributed by atoms with Crippen molar-refractivity contribution >= 4 is 17.7 Å². The number of hydrogen-bond donors (Lipinski definition) is 0. The zero-order chi connectivity index (χ0) is 12.8. The zero-order valence-electron chi connectivity index (χ0n) is 10.6. The monoisotopic (exact) mass is 270 g/mol. The van der Waals surface area contributed by atoms with E-state index in [4.69, 9.17) is 4.52 Å². The standard InChI is InChI=1S/C12H18N2O3S/c1-16-12(15)7-11-13-10(14-17-11)8-18-9-5-3-2-4-6-9/h9H,2-8H2,1H3. The van der Waals surface area contributed by atoms with Crippen LogP contribution in [0.3, 0.4) is 0 Å². The minimum absolute atomic E-state index is 0.0532. The molecule has 1 aromatic heterocycles. The fourth-order valence-electron chi connectivity index (χ4n) is 2.04. The zero-order valence-corrected chi connectivity index (χ0v) is 11.4. The van der Waals surface area contributed by atoms with Crippen molar-refractivity contribution in [1.82, 2.24) is 10.1 Å². The molecular weight excluding hydrogens is 252 g/mol. The first-order valence-corrected chi connectivity index (χ1v) is 7.32. The van der Waals surface area contributed by atoms with Crippen molar-refractivity contribution in [3.8, 4) is 0 Å². The summed E-state index contributed by atoms with van der Waals surface area (Å²) in [7, 11) is 1.35. The molecular formula is C12H18N2O3S. The third-order valence-electron chi connectivity index (χ3n) is 3.03. The molecule has 0 N–H and O–H groups in total. The molecule has 0 aliphatic heterocycles. The summed E-state index contributed by atoms with van der Waals surface area (Å²) in [5.74, 6) is 1.41. The lowest BCUT2D eigenvalue weighted by molar-refractivity contribution is -0.140. The van der Waals surface area contributed by atoms with Gasteiger partial charge in [-0.15, -0.1) is 0 Å². The van der Waals surface area contributed by atoms with E-state index in [0.717, 1.165) is 11.0 Å². The first-order valence-electron chi connectivity index (χ1n) is 6.28. The summed E-state index contributed by atoms with van der Waals surface area (Å²) in [6, 6.07) is 0. The van der Waals surface area contributed by atoms with Gasteiger partial charge in [0.05, 0.1) is 12.9 Å². The van der Waals surface area contributed by atoms with Crippen LogP contribution in [0.15, 0.2) is 4.52 Å². The highest BCUT2D eigenvalue weighted by Gasteiger charge is 2.16. The van der Waals surface area contributed by atoms with Crippen LogP contribution in [0, 0.1) is 0 Å². The highest BCUT2D eigenvalue weighted by Crippen LogP contribution is 2.29. The van der Waals surface area contributed by atoms with E-state index in [-0.39, 0.29) is 12.4 Å². The van der Waals surface area contributed by atoms with E-state index in [9.17, 15) is 4.79 Å². The normalized spacial score (nSPS) is 16.7. The average molecular weight is 270 g/mol. The van der Waals surface area contributed by atoms with E-state index in [2.05, 4.69) is 14.9 Å². The Labute approximate surface area is 111 Å². The molecule has 6 heteroatoms. The predicted molar refractivity (Wildman–Crippen MR) is 68.2 cm³/mol. The molecule has 0 atom stereocenters. The molecule has 1 heterocycles. The summed E-state index contributed by atoms with van der Waals surface area (Å²) >= 11 is 1.89. The summed E-state index contributed by atoms with van der Waals surface area (Å²) in [5.41, 5.74) is 0. The third-order valence-corrected chi connectivity index (χ3v) is 4.40. The molecule has 0 amide bonds.